The van der Waals surface area contributed by atoms with Crippen molar-refractivity contribution in [3.05, 3.63) is 12.0 Å². The molecule has 12 nitrogen and oxygen atoms in total. The zero-order valence-electron chi connectivity index (χ0n) is 16.2. The molecule has 6 N–H and O–H groups in total. The average molecular weight is 426 g/mol. The van der Waals surface area contributed by atoms with Crippen LogP contribution in [0.1, 0.15) is 19.3 Å². The molecule has 0 heterocycles. The highest BCUT2D eigenvalue weighted by Gasteiger charge is 2.26. The Morgan fingerprint density at radius 3 is 2.17 bits per heavy atom. The van der Waals surface area contributed by atoms with Crippen molar-refractivity contribution in [3.63, 3.8) is 0 Å². The van der Waals surface area contributed by atoms with E-state index in [1.54, 1.807) is 0 Å². The van der Waals surface area contributed by atoms with Gasteiger partial charge in [-0.15, -0.1) is 0 Å². The summed E-state index contributed by atoms with van der Waals surface area (Å²) < 4.78 is 19.7. The highest BCUT2D eigenvalue weighted by atomic mass is 16.7. The number of hydrogen-bond acceptors (Lipinski definition) is 12. The maximum Gasteiger partial charge on any atom is 0.337 e. The number of hydrogen-bond donors (Lipinski definition) is 6. The summed E-state index contributed by atoms with van der Waals surface area (Å²) >= 11 is 0. The predicted molar refractivity (Wildman–Crippen MR) is 95.0 cm³/mol. The summed E-state index contributed by atoms with van der Waals surface area (Å²) in [6, 6.07) is 0. The zero-order valence-corrected chi connectivity index (χ0v) is 16.2. The van der Waals surface area contributed by atoms with Crippen molar-refractivity contribution in [1.29, 1.82) is 0 Å². The van der Waals surface area contributed by atoms with E-state index in [1.807, 2.05) is 0 Å². The molecule has 0 saturated carbocycles. The van der Waals surface area contributed by atoms with Crippen molar-refractivity contribution in [3.8, 4) is 0 Å². The topological polar surface area (TPSA) is 192 Å². The molecule has 0 aliphatic carbocycles. The third kappa shape index (κ3) is 12.3. The van der Waals surface area contributed by atoms with Gasteiger partial charge >= 0.3 is 11.9 Å². The fourth-order valence-electron chi connectivity index (χ4n) is 1.95. The van der Waals surface area contributed by atoms with Crippen LogP contribution in [0, 0.1) is 0 Å². The molecule has 0 amide bonds. The fraction of sp³-hybridized carbons (Fsp3) is 0.765. The Morgan fingerprint density at radius 2 is 1.62 bits per heavy atom. The number of esters is 2. The quantitative estimate of drug-likeness (QED) is 0.110. The second-order valence-corrected chi connectivity index (χ2v) is 5.81. The molecule has 0 aromatic carbocycles. The van der Waals surface area contributed by atoms with E-state index in [2.05, 4.69) is 9.47 Å². The van der Waals surface area contributed by atoms with Crippen LogP contribution in [-0.2, 0) is 28.5 Å². The lowest BCUT2D eigenvalue weighted by atomic mass is 10.1. The Hall–Kier alpha value is -1.96. The highest BCUT2D eigenvalue weighted by Crippen LogP contribution is 2.13. The van der Waals surface area contributed by atoms with Crippen LogP contribution in [0.3, 0.4) is 0 Å². The number of ether oxygens (including phenoxy) is 4. The lowest BCUT2D eigenvalue weighted by Crippen LogP contribution is -2.37. The van der Waals surface area contributed by atoms with E-state index in [1.165, 1.54) is 7.11 Å². The van der Waals surface area contributed by atoms with E-state index in [4.69, 9.17) is 24.8 Å². The number of carbonyl (C=O) groups excluding carboxylic acids is 2. The van der Waals surface area contributed by atoms with Crippen LogP contribution in [0.2, 0.25) is 0 Å². The van der Waals surface area contributed by atoms with Crippen molar-refractivity contribution >= 4 is 11.9 Å². The lowest BCUT2D eigenvalue weighted by Gasteiger charge is -2.20. The summed E-state index contributed by atoms with van der Waals surface area (Å²) in [5.74, 6) is -2.10. The Kier molecular flexibility index (Phi) is 14.8. The number of methoxy groups -OCH3 is 1. The normalized spacial score (nSPS) is 15.8. The molecule has 0 radical (unpaired) electrons. The molecule has 0 aromatic rings. The molecule has 0 fully saturated rings. The third-order valence-electron chi connectivity index (χ3n) is 3.45. The van der Waals surface area contributed by atoms with Crippen molar-refractivity contribution in [2.24, 2.45) is 0 Å². The second-order valence-electron chi connectivity index (χ2n) is 5.81. The van der Waals surface area contributed by atoms with Crippen molar-refractivity contribution < 1.29 is 59.2 Å². The first-order valence-electron chi connectivity index (χ1n) is 8.90. The van der Waals surface area contributed by atoms with Crippen LogP contribution in [0.15, 0.2) is 12.0 Å². The summed E-state index contributed by atoms with van der Waals surface area (Å²) in [5, 5.41) is 55.6. The smallest absolute Gasteiger partial charge is 0.337 e. The standard InChI is InChI=1S/C17H30O12/c1-26-14(23)9-12(2-4-18)29-15(27-7-6-20)8-11(21)10-28-17(25)16(24)13(22)3-5-19/h8,11-13,16,18-22,24H,2-7,9-10H2,1H3. The molecule has 0 aromatic heterocycles. The third-order valence-corrected chi connectivity index (χ3v) is 3.45. The van der Waals surface area contributed by atoms with Crippen LogP contribution in [0.5, 0.6) is 0 Å². The van der Waals surface area contributed by atoms with Gasteiger partial charge in [0.2, 0.25) is 0 Å². The summed E-state index contributed by atoms with van der Waals surface area (Å²) in [6.07, 6.45) is -5.12. The Morgan fingerprint density at radius 1 is 0.966 bits per heavy atom. The molecule has 0 saturated heterocycles. The first kappa shape index (κ1) is 27.0. The minimum Gasteiger partial charge on any atom is -0.469 e. The predicted octanol–water partition coefficient (Wildman–Crippen LogP) is -2.82. The largest absolute Gasteiger partial charge is 0.469 e. The number of aliphatic hydroxyl groups excluding tert-OH is 6. The van der Waals surface area contributed by atoms with Crippen LogP contribution in [0.25, 0.3) is 0 Å². The Labute approximate surface area is 167 Å². The van der Waals surface area contributed by atoms with Gasteiger partial charge in [-0.2, -0.15) is 0 Å². The monoisotopic (exact) mass is 426 g/mol. The van der Waals surface area contributed by atoms with Crippen LogP contribution < -0.4 is 0 Å². The molecule has 170 valence electrons. The van der Waals surface area contributed by atoms with Crippen LogP contribution in [0.4, 0.5) is 0 Å². The van der Waals surface area contributed by atoms with Gasteiger partial charge in [0.1, 0.15) is 25.4 Å². The van der Waals surface area contributed by atoms with Crippen LogP contribution >= 0.6 is 0 Å². The molecule has 29 heavy (non-hydrogen) atoms. The fourth-order valence-corrected chi connectivity index (χ4v) is 1.95. The summed E-state index contributed by atoms with van der Waals surface area (Å²) in [6.45, 7) is -1.95. The van der Waals surface area contributed by atoms with E-state index in [9.17, 15) is 24.9 Å². The number of aliphatic hydroxyl groups is 6. The second kappa shape index (κ2) is 15.9. The Balaban J connectivity index is 4.91. The van der Waals surface area contributed by atoms with Gasteiger partial charge in [0, 0.05) is 25.7 Å². The van der Waals surface area contributed by atoms with Gasteiger partial charge in [-0.25, -0.2) is 4.79 Å². The van der Waals surface area contributed by atoms with Gasteiger partial charge in [-0.3, -0.25) is 4.79 Å². The first-order chi connectivity index (χ1) is 13.8. The molecule has 0 aliphatic heterocycles. The molecule has 0 rings (SSSR count). The molecule has 12 heteroatoms. The van der Waals surface area contributed by atoms with Crippen molar-refractivity contribution in [2.75, 3.05) is 40.1 Å². The Bertz CT molecular complexity index is 495. The molecule has 4 unspecified atom stereocenters. The molecule has 0 spiro atoms. The van der Waals surface area contributed by atoms with E-state index in [0.29, 0.717) is 0 Å². The maximum absolute atomic E-state index is 11.6. The minimum atomic E-state index is -1.89. The SMILES string of the molecule is COC(=O)CC(CCO)OC(=CC(O)COC(=O)C(O)C(O)CCO)OCCO. The number of carbonyl (C=O) groups is 2. The van der Waals surface area contributed by atoms with Gasteiger partial charge in [0.15, 0.2) is 6.10 Å². The van der Waals surface area contributed by atoms with Gasteiger partial charge in [0.25, 0.3) is 5.95 Å². The summed E-state index contributed by atoms with van der Waals surface area (Å²) in [7, 11) is 1.18. The van der Waals surface area contributed by atoms with Crippen molar-refractivity contribution in [2.45, 2.75) is 43.7 Å². The average Bonchev–Trinajstić information content (AvgIpc) is 2.69. The lowest BCUT2D eigenvalue weighted by molar-refractivity contribution is -0.162. The van der Waals surface area contributed by atoms with Gasteiger partial charge in [-0.05, 0) is 6.42 Å². The molecule has 4 atom stereocenters. The summed E-state index contributed by atoms with van der Waals surface area (Å²) in [4.78, 5) is 23.0. The van der Waals surface area contributed by atoms with Crippen LogP contribution in [-0.4, -0.2) is 107 Å². The van der Waals surface area contributed by atoms with Crippen molar-refractivity contribution in [1.82, 2.24) is 0 Å². The van der Waals surface area contributed by atoms with E-state index >= 15 is 0 Å². The number of rotatable bonds is 16. The van der Waals surface area contributed by atoms with E-state index in [0.717, 1.165) is 6.08 Å². The highest BCUT2D eigenvalue weighted by molar-refractivity contribution is 5.75. The van der Waals surface area contributed by atoms with Gasteiger partial charge in [0.05, 0.1) is 26.2 Å². The minimum absolute atomic E-state index is 0.0505. The van der Waals surface area contributed by atoms with Gasteiger partial charge in [-0.1, -0.05) is 0 Å². The van der Waals surface area contributed by atoms with Gasteiger partial charge < -0.3 is 49.6 Å². The molecule has 0 aliphatic rings. The molecule has 0 bridgehead atoms. The molecular formula is C17H30O12. The zero-order chi connectivity index (χ0) is 22.2. The summed E-state index contributed by atoms with van der Waals surface area (Å²) in [5.41, 5.74) is 0. The first-order valence-corrected chi connectivity index (χ1v) is 8.90. The molecular weight excluding hydrogens is 396 g/mol. The van der Waals surface area contributed by atoms with E-state index < -0.39 is 49.6 Å². The van der Waals surface area contributed by atoms with E-state index in [-0.39, 0.29) is 45.0 Å². The maximum atomic E-state index is 11.6.